The van der Waals surface area contributed by atoms with Crippen LogP contribution in [0, 0.1) is 5.82 Å². The number of piperidine rings is 1. The van der Waals surface area contributed by atoms with Crippen LogP contribution < -0.4 is 10.6 Å². The Morgan fingerprint density at radius 1 is 1.13 bits per heavy atom. The molecule has 0 unspecified atom stereocenters. The predicted molar refractivity (Wildman–Crippen MR) is 122 cm³/mol. The molecule has 160 valence electrons. The van der Waals surface area contributed by atoms with Crippen LogP contribution in [0.1, 0.15) is 41.9 Å². The summed E-state index contributed by atoms with van der Waals surface area (Å²) in [6.07, 6.45) is 5.43. The number of anilines is 1. The summed E-state index contributed by atoms with van der Waals surface area (Å²) < 4.78 is 19.8. The molecule has 1 fully saturated rings. The molecule has 4 aromatic rings. The first-order valence-corrected chi connectivity index (χ1v) is 11.5. The van der Waals surface area contributed by atoms with Crippen molar-refractivity contribution in [2.45, 2.75) is 38.6 Å². The van der Waals surface area contributed by atoms with Crippen molar-refractivity contribution in [3.05, 3.63) is 64.7 Å². The van der Waals surface area contributed by atoms with Crippen LogP contribution in [0.15, 0.2) is 42.6 Å². The zero-order chi connectivity index (χ0) is 21.2. The second-order valence-corrected chi connectivity index (χ2v) is 8.68. The molecular formula is C23H25FN6S. The van der Waals surface area contributed by atoms with Gasteiger partial charge in [0.25, 0.3) is 0 Å². The standard InChI is InChI=1S/C23H25FN6S/c1-2-19-23(26-13-21-28-22(29-31-21)16-3-6-18(24)7-4-16)30-14-17(5-8-20(30)27-19)15-9-11-25-12-10-15/h3-8,14-15,25-26H,2,9-13H2,1H3. The number of benzene rings is 1. The van der Waals surface area contributed by atoms with Crippen molar-refractivity contribution >= 4 is 23.0 Å². The summed E-state index contributed by atoms with van der Waals surface area (Å²) in [7, 11) is 0. The Labute approximate surface area is 184 Å². The maximum absolute atomic E-state index is 13.2. The van der Waals surface area contributed by atoms with Crippen LogP contribution in [0.25, 0.3) is 17.0 Å². The van der Waals surface area contributed by atoms with E-state index in [4.69, 9.17) is 4.98 Å². The Balaban J connectivity index is 1.38. The number of nitrogens with one attached hydrogen (secondary N) is 2. The van der Waals surface area contributed by atoms with Gasteiger partial charge >= 0.3 is 0 Å². The number of hydrogen-bond acceptors (Lipinski definition) is 6. The maximum Gasteiger partial charge on any atom is 0.173 e. The third-order valence-electron chi connectivity index (χ3n) is 5.84. The lowest BCUT2D eigenvalue weighted by molar-refractivity contribution is 0.459. The average Bonchev–Trinajstić information content (AvgIpc) is 3.42. The summed E-state index contributed by atoms with van der Waals surface area (Å²) in [6, 6.07) is 10.6. The minimum atomic E-state index is -0.260. The predicted octanol–water partition coefficient (Wildman–Crippen LogP) is 4.63. The lowest BCUT2D eigenvalue weighted by Crippen LogP contribution is -2.26. The number of nitrogens with zero attached hydrogens (tertiary/aromatic N) is 4. The highest BCUT2D eigenvalue weighted by atomic mass is 32.1. The molecule has 0 amide bonds. The molecule has 31 heavy (non-hydrogen) atoms. The van der Waals surface area contributed by atoms with Crippen molar-refractivity contribution in [2.24, 2.45) is 0 Å². The normalized spacial score (nSPS) is 14.9. The van der Waals surface area contributed by atoms with Crippen molar-refractivity contribution in [3.63, 3.8) is 0 Å². The van der Waals surface area contributed by atoms with E-state index in [2.05, 4.69) is 49.6 Å². The van der Waals surface area contributed by atoms with Gasteiger partial charge in [0.05, 0.1) is 12.2 Å². The minimum Gasteiger partial charge on any atom is -0.363 e. The van der Waals surface area contributed by atoms with Gasteiger partial charge in [0.1, 0.15) is 22.3 Å². The molecule has 4 heterocycles. The Morgan fingerprint density at radius 2 is 1.94 bits per heavy atom. The van der Waals surface area contributed by atoms with Gasteiger partial charge in [0.15, 0.2) is 5.82 Å². The lowest BCUT2D eigenvalue weighted by atomic mass is 9.91. The van der Waals surface area contributed by atoms with Gasteiger partial charge < -0.3 is 10.6 Å². The van der Waals surface area contributed by atoms with Crippen molar-refractivity contribution in [2.75, 3.05) is 18.4 Å². The van der Waals surface area contributed by atoms with Gasteiger partial charge in [-0.15, -0.1) is 0 Å². The average molecular weight is 437 g/mol. The molecule has 1 aliphatic heterocycles. The number of fused-ring (bicyclic) bond motifs is 1. The lowest BCUT2D eigenvalue weighted by Gasteiger charge is -2.23. The van der Waals surface area contributed by atoms with Gasteiger partial charge in [0.2, 0.25) is 0 Å². The van der Waals surface area contributed by atoms with Crippen LogP contribution in [0.4, 0.5) is 10.2 Å². The molecule has 0 atom stereocenters. The molecule has 5 rings (SSSR count). The minimum absolute atomic E-state index is 0.260. The topological polar surface area (TPSA) is 67.1 Å². The third-order valence-corrected chi connectivity index (χ3v) is 6.55. The van der Waals surface area contributed by atoms with Crippen molar-refractivity contribution < 1.29 is 4.39 Å². The van der Waals surface area contributed by atoms with Crippen LogP contribution in [0.3, 0.4) is 0 Å². The van der Waals surface area contributed by atoms with Crippen LogP contribution in [-0.4, -0.2) is 31.8 Å². The number of halogens is 1. The van der Waals surface area contributed by atoms with E-state index in [1.165, 1.54) is 42.1 Å². The molecule has 6 nitrogen and oxygen atoms in total. The van der Waals surface area contributed by atoms with Crippen LogP contribution in [0.5, 0.6) is 0 Å². The van der Waals surface area contributed by atoms with Gasteiger partial charge in [-0.05, 0) is 85.7 Å². The highest BCUT2D eigenvalue weighted by Crippen LogP contribution is 2.28. The fourth-order valence-electron chi connectivity index (χ4n) is 4.14. The summed E-state index contributed by atoms with van der Waals surface area (Å²) in [4.78, 5) is 9.43. The monoisotopic (exact) mass is 436 g/mol. The number of pyridine rings is 1. The third kappa shape index (κ3) is 4.18. The van der Waals surface area contributed by atoms with E-state index in [1.807, 2.05) is 0 Å². The fraction of sp³-hybridized carbons (Fsp3) is 0.348. The van der Waals surface area contributed by atoms with Gasteiger partial charge in [-0.2, -0.15) is 4.37 Å². The molecular weight excluding hydrogens is 411 g/mol. The maximum atomic E-state index is 13.2. The molecule has 8 heteroatoms. The quantitative estimate of drug-likeness (QED) is 0.461. The Kier molecular flexibility index (Phi) is 5.65. The molecule has 0 bridgehead atoms. The molecule has 1 saturated heterocycles. The SMILES string of the molecule is CCc1nc2ccc(C3CCNCC3)cn2c1NCc1nc(-c2ccc(F)cc2)ns1. The molecule has 2 N–H and O–H groups in total. The van der Waals surface area contributed by atoms with E-state index in [-0.39, 0.29) is 5.82 Å². The van der Waals surface area contributed by atoms with E-state index in [0.717, 1.165) is 47.2 Å². The van der Waals surface area contributed by atoms with Crippen molar-refractivity contribution in [3.8, 4) is 11.4 Å². The molecule has 0 radical (unpaired) electrons. The number of rotatable bonds is 6. The number of hydrogen-bond donors (Lipinski definition) is 2. The second-order valence-electron chi connectivity index (χ2n) is 7.85. The Hall–Kier alpha value is -2.84. The van der Waals surface area contributed by atoms with Gasteiger partial charge in [-0.25, -0.2) is 14.4 Å². The van der Waals surface area contributed by atoms with Crippen molar-refractivity contribution in [1.29, 1.82) is 0 Å². The summed E-state index contributed by atoms with van der Waals surface area (Å²) in [6.45, 7) is 4.84. The summed E-state index contributed by atoms with van der Waals surface area (Å²) in [5.41, 5.74) is 4.19. The van der Waals surface area contributed by atoms with Gasteiger partial charge in [0, 0.05) is 11.8 Å². The van der Waals surface area contributed by atoms with E-state index in [0.29, 0.717) is 18.3 Å². The molecule has 1 aromatic carbocycles. The first kappa shape index (κ1) is 20.1. The number of imidazole rings is 1. The number of aromatic nitrogens is 4. The Bertz CT molecular complexity index is 1180. The summed E-state index contributed by atoms with van der Waals surface area (Å²) in [5, 5.41) is 7.86. The van der Waals surface area contributed by atoms with E-state index < -0.39 is 0 Å². The molecule has 1 aliphatic rings. The van der Waals surface area contributed by atoms with Crippen LogP contribution in [-0.2, 0) is 13.0 Å². The highest BCUT2D eigenvalue weighted by Gasteiger charge is 2.18. The molecule has 0 aliphatic carbocycles. The molecule has 0 saturated carbocycles. The first-order chi connectivity index (χ1) is 15.2. The van der Waals surface area contributed by atoms with Crippen LogP contribution >= 0.6 is 11.5 Å². The largest absolute Gasteiger partial charge is 0.363 e. The molecule has 0 spiro atoms. The van der Waals surface area contributed by atoms with Crippen molar-refractivity contribution in [1.82, 2.24) is 24.1 Å². The zero-order valence-corrected chi connectivity index (χ0v) is 18.3. The Morgan fingerprint density at radius 3 is 2.71 bits per heavy atom. The smallest absolute Gasteiger partial charge is 0.173 e. The van der Waals surface area contributed by atoms with E-state index in [9.17, 15) is 4.39 Å². The highest BCUT2D eigenvalue weighted by molar-refractivity contribution is 7.05. The number of aryl methyl sites for hydroxylation is 1. The molecule has 3 aromatic heterocycles. The van der Waals surface area contributed by atoms with E-state index >= 15 is 0 Å². The second kappa shape index (κ2) is 8.72. The summed E-state index contributed by atoms with van der Waals surface area (Å²) in [5.74, 6) is 1.98. The van der Waals surface area contributed by atoms with Gasteiger partial charge in [-0.1, -0.05) is 13.0 Å². The first-order valence-electron chi connectivity index (χ1n) is 10.7. The summed E-state index contributed by atoms with van der Waals surface area (Å²) >= 11 is 1.36. The van der Waals surface area contributed by atoms with Gasteiger partial charge in [-0.3, -0.25) is 4.40 Å². The van der Waals surface area contributed by atoms with E-state index in [1.54, 1.807) is 12.1 Å². The zero-order valence-electron chi connectivity index (χ0n) is 17.4. The van der Waals surface area contributed by atoms with Crippen LogP contribution in [0.2, 0.25) is 0 Å². The fourth-order valence-corrected chi connectivity index (χ4v) is 4.74.